The maximum Gasteiger partial charge on any atom is 0.264 e. The number of para-hydroxylation sites is 1. The predicted octanol–water partition coefficient (Wildman–Crippen LogP) is 6.51. The number of rotatable bonds is 10. The van der Waals surface area contributed by atoms with Crippen LogP contribution in [0.5, 0.6) is 0 Å². The van der Waals surface area contributed by atoms with E-state index in [0.717, 1.165) is 42.6 Å². The minimum absolute atomic E-state index is 0.0107. The van der Waals surface area contributed by atoms with E-state index in [1.54, 1.807) is 14.7 Å². The number of benzene rings is 2. The lowest BCUT2D eigenvalue weighted by Gasteiger charge is -2.33. The number of hydrogen-bond donors (Lipinski definition) is 2. The molecule has 4 aliphatic rings. The number of hydrogen-bond acceptors (Lipinski definition) is 6. The van der Waals surface area contributed by atoms with E-state index in [4.69, 9.17) is 4.74 Å². The van der Waals surface area contributed by atoms with Gasteiger partial charge in [0, 0.05) is 42.2 Å². The van der Waals surface area contributed by atoms with Gasteiger partial charge in [0.1, 0.15) is 0 Å². The number of likely N-dealkylation sites (tertiary alicyclic amines) is 1. The lowest BCUT2D eigenvalue weighted by Crippen LogP contribution is -2.46. The van der Waals surface area contributed by atoms with Crippen molar-refractivity contribution in [3.63, 3.8) is 0 Å². The lowest BCUT2D eigenvalue weighted by atomic mass is 9.82. The van der Waals surface area contributed by atoms with E-state index >= 15 is 4.79 Å². The Labute approximate surface area is 297 Å². The first-order chi connectivity index (χ1) is 23.8. The summed E-state index contributed by atoms with van der Waals surface area (Å²) in [7, 11) is -3.01. The van der Waals surface area contributed by atoms with E-state index < -0.39 is 31.5 Å². The number of ether oxygens (including phenoxy) is 1. The highest BCUT2D eigenvalue weighted by molar-refractivity contribution is 6.71. The van der Waals surface area contributed by atoms with E-state index in [1.165, 1.54) is 11.1 Å². The van der Waals surface area contributed by atoms with Gasteiger partial charge in [-0.3, -0.25) is 19.3 Å². The number of amides is 3. The molecule has 2 aromatic rings. The summed E-state index contributed by atoms with van der Waals surface area (Å²) in [6.45, 7) is 12.8. The van der Waals surface area contributed by atoms with Gasteiger partial charge in [0.25, 0.3) is 5.91 Å². The standard InChI is InChI=1S/C40H53N3O6Si/c1-26(2)11-9-12-27(3)20-22-42-34-18-17-30(43-33-15-8-7-13-29(33)16-19-36(43)45)23-32(34)40(39(42)47)28(4)38(50(5,6)48)35(49-40)24-37(46)41-21-10-14-31(41)25-44/h7-8,11,13,15,17-18,20,23,28,31,35,38,44,48H,9-10,12,14,16,19,21-22,24-25H2,1-6H3/b27-20+/t28-,31-,35+,38-,40+/m0/s1. The molecule has 0 saturated carbocycles. The molecule has 4 heterocycles. The fourth-order valence-corrected chi connectivity index (χ4v) is 11.4. The van der Waals surface area contributed by atoms with Crippen molar-refractivity contribution in [1.82, 2.24) is 4.90 Å². The van der Waals surface area contributed by atoms with Gasteiger partial charge < -0.3 is 24.4 Å². The highest BCUT2D eigenvalue weighted by atomic mass is 28.4. The van der Waals surface area contributed by atoms with Crippen LogP contribution in [0.1, 0.15) is 77.3 Å². The lowest BCUT2D eigenvalue weighted by molar-refractivity contribution is -0.149. The topological polar surface area (TPSA) is 111 Å². The third kappa shape index (κ3) is 6.51. The first kappa shape index (κ1) is 36.2. The van der Waals surface area contributed by atoms with Crippen molar-refractivity contribution in [3.8, 4) is 0 Å². The number of aliphatic hydroxyl groups is 1. The molecule has 268 valence electrons. The predicted molar refractivity (Wildman–Crippen MR) is 199 cm³/mol. The molecule has 9 nitrogen and oxygen atoms in total. The second-order valence-electron chi connectivity index (χ2n) is 15.5. The highest BCUT2D eigenvalue weighted by Crippen LogP contribution is 2.60. The molecule has 0 bridgehead atoms. The van der Waals surface area contributed by atoms with E-state index in [-0.39, 0.29) is 36.8 Å². The molecule has 0 unspecified atom stereocenters. The Morgan fingerprint density at radius 1 is 1.06 bits per heavy atom. The van der Waals surface area contributed by atoms with Crippen molar-refractivity contribution < 1.29 is 29.0 Å². The zero-order valence-corrected chi connectivity index (χ0v) is 31.4. The highest BCUT2D eigenvalue weighted by Gasteiger charge is 2.66. The number of aliphatic hydroxyl groups excluding tert-OH is 1. The molecule has 2 aromatic carbocycles. The van der Waals surface area contributed by atoms with E-state index in [1.807, 2.05) is 62.5 Å². The molecule has 0 aliphatic carbocycles. The molecule has 50 heavy (non-hydrogen) atoms. The molecular weight excluding hydrogens is 647 g/mol. The number of carbonyl (C=O) groups is 3. The smallest absolute Gasteiger partial charge is 0.264 e. The number of allylic oxidation sites excluding steroid dienone is 3. The zero-order valence-electron chi connectivity index (χ0n) is 30.4. The molecule has 3 amide bonds. The minimum atomic E-state index is -3.01. The van der Waals surface area contributed by atoms with Crippen LogP contribution in [0.25, 0.3) is 0 Å². The van der Waals surface area contributed by atoms with Gasteiger partial charge in [0.2, 0.25) is 11.8 Å². The van der Waals surface area contributed by atoms with Crippen LogP contribution in [0.3, 0.4) is 0 Å². The van der Waals surface area contributed by atoms with Crippen molar-refractivity contribution in [1.29, 1.82) is 0 Å². The number of carbonyl (C=O) groups excluding carboxylic acids is 3. The molecule has 6 rings (SSSR count). The maximum atomic E-state index is 15.0. The van der Waals surface area contributed by atoms with Gasteiger partial charge >= 0.3 is 0 Å². The summed E-state index contributed by atoms with van der Waals surface area (Å²) in [5.41, 5.74) is 4.58. The molecule has 10 heteroatoms. The minimum Gasteiger partial charge on any atom is -0.432 e. The van der Waals surface area contributed by atoms with Crippen molar-refractivity contribution in [3.05, 3.63) is 76.9 Å². The van der Waals surface area contributed by atoms with E-state index in [0.29, 0.717) is 37.2 Å². The van der Waals surface area contributed by atoms with Crippen LogP contribution >= 0.6 is 0 Å². The fraction of sp³-hybridized carbons (Fsp3) is 0.525. The summed E-state index contributed by atoms with van der Waals surface area (Å²) in [5.74, 6) is -0.787. The van der Waals surface area contributed by atoms with Gasteiger partial charge in [0.15, 0.2) is 13.9 Å². The molecule has 0 radical (unpaired) electrons. The molecule has 5 atom stereocenters. The Bertz CT molecular complexity index is 1710. The SMILES string of the molecule is CC(C)=CCC/C(C)=C/CN1C(=O)[C@]2(O[C@H](CC(=O)N3CCC[C@H]3CO)[C@@H]([Si](C)(C)O)[C@@H]2C)c2cc(N3C(=O)CCc4ccccc43)ccc21. The van der Waals surface area contributed by atoms with Crippen molar-refractivity contribution >= 4 is 43.1 Å². The zero-order chi connectivity index (χ0) is 36.0. The van der Waals surface area contributed by atoms with Gasteiger partial charge in [-0.05, 0) is 95.8 Å². The number of aryl methyl sites for hydroxylation is 1. The molecule has 0 aromatic heterocycles. The first-order valence-electron chi connectivity index (χ1n) is 18.2. The van der Waals surface area contributed by atoms with Gasteiger partial charge in [-0.25, -0.2) is 0 Å². The van der Waals surface area contributed by atoms with E-state index in [9.17, 15) is 19.5 Å². The van der Waals surface area contributed by atoms with Crippen LogP contribution in [-0.2, 0) is 31.1 Å². The summed E-state index contributed by atoms with van der Waals surface area (Å²) in [4.78, 5) is 59.4. The van der Waals surface area contributed by atoms with Crippen LogP contribution in [-0.4, -0.2) is 72.7 Å². The van der Waals surface area contributed by atoms with Crippen LogP contribution in [0.4, 0.5) is 17.1 Å². The normalized spacial score (nSPS) is 26.6. The largest absolute Gasteiger partial charge is 0.432 e. The second-order valence-corrected chi connectivity index (χ2v) is 19.4. The Kier molecular flexibility index (Phi) is 10.3. The van der Waals surface area contributed by atoms with Crippen LogP contribution < -0.4 is 9.80 Å². The molecule has 1 spiro atoms. The van der Waals surface area contributed by atoms with Gasteiger partial charge in [0.05, 0.1) is 36.5 Å². The van der Waals surface area contributed by atoms with Crippen LogP contribution in [0.2, 0.25) is 18.6 Å². The Morgan fingerprint density at radius 3 is 2.54 bits per heavy atom. The Hall–Kier alpha value is -3.57. The van der Waals surface area contributed by atoms with Crippen molar-refractivity contribution in [2.45, 2.75) is 109 Å². The Morgan fingerprint density at radius 2 is 1.82 bits per heavy atom. The summed E-state index contributed by atoms with van der Waals surface area (Å²) in [6.07, 6.45) is 8.09. The maximum absolute atomic E-state index is 15.0. The molecular formula is C40H53N3O6Si. The quantitative estimate of drug-likeness (QED) is 0.216. The third-order valence-corrected chi connectivity index (χ3v) is 13.8. The molecule has 4 aliphatic heterocycles. The molecule has 2 fully saturated rings. The number of fused-ring (bicyclic) bond motifs is 3. The van der Waals surface area contributed by atoms with Gasteiger partial charge in [-0.2, -0.15) is 0 Å². The monoisotopic (exact) mass is 699 g/mol. The van der Waals surface area contributed by atoms with Gasteiger partial charge in [-0.1, -0.05) is 48.4 Å². The number of anilines is 3. The first-order valence-corrected chi connectivity index (χ1v) is 21.3. The third-order valence-electron chi connectivity index (χ3n) is 11.3. The summed E-state index contributed by atoms with van der Waals surface area (Å²) < 4.78 is 7.01. The molecule has 2 N–H and O–H groups in total. The van der Waals surface area contributed by atoms with Crippen molar-refractivity contribution in [2.75, 3.05) is 29.5 Å². The van der Waals surface area contributed by atoms with E-state index in [2.05, 4.69) is 32.9 Å². The van der Waals surface area contributed by atoms with Crippen LogP contribution in [0.15, 0.2) is 65.8 Å². The molecule has 2 saturated heterocycles. The summed E-state index contributed by atoms with van der Waals surface area (Å²) in [5, 5.41) is 9.94. The average Bonchev–Trinajstić information content (AvgIpc) is 3.73. The second kappa shape index (κ2) is 14.2. The Balaban J connectivity index is 1.43. The van der Waals surface area contributed by atoms with Crippen LogP contribution in [0, 0.1) is 5.92 Å². The number of nitrogens with zero attached hydrogens (tertiary/aromatic N) is 3. The summed E-state index contributed by atoms with van der Waals surface area (Å²) in [6, 6.07) is 13.5. The average molecular weight is 700 g/mol. The summed E-state index contributed by atoms with van der Waals surface area (Å²) >= 11 is 0. The van der Waals surface area contributed by atoms with Gasteiger partial charge in [-0.15, -0.1) is 0 Å². The fourth-order valence-electron chi connectivity index (χ4n) is 8.88. The van der Waals surface area contributed by atoms with Crippen molar-refractivity contribution in [2.24, 2.45) is 5.92 Å².